The first kappa shape index (κ1) is 14.0. The topological polar surface area (TPSA) is 84.3 Å². The number of nitrogens with one attached hydrogen (secondary N) is 2. The van der Waals surface area contributed by atoms with Crippen molar-refractivity contribution in [3.8, 4) is 0 Å². The molecular formula is C12H14BrN3O3. The van der Waals surface area contributed by atoms with Crippen molar-refractivity contribution in [3.05, 3.63) is 32.8 Å². The van der Waals surface area contributed by atoms with Gasteiger partial charge >= 0.3 is 0 Å². The second kappa shape index (κ2) is 6.12. The van der Waals surface area contributed by atoms with E-state index in [0.717, 1.165) is 0 Å². The van der Waals surface area contributed by atoms with Crippen LogP contribution in [0.4, 0.5) is 11.4 Å². The van der Waals surface area contributed by atoms with E-state index in [4.69, 9.17) is 0 Å². The van der Waals surface area contributed by atoms with Crippen LogP contribution in [0.1, 0.15) is 19.3 Å². The molecule has 2 rings (SSSR count). The monoisotopic (exact) mass is 327 g/mol. The molecule has 1 aliphatic carbocycles. The number of nitro groups is 1. The highest BCUT2D eigenvalue weighted by molar-refractivity contribution is 9.10. The maximum atomic E-state index is 11.6. The van der Waals surface area contributed by atoms with Gasteiger partial charge in [0.05, 0.1) is 9.40 Å². The lowest BCUT2D eigenvalue weighted by Gasteiger charge is -2.06. The predicted octanol–water partition coefficient (Wildman–Crippen LogP) is 2.44. The lowest BCUT2D eigenvalue weighted by atomic mass is 10.2. The van der Waals surface area contributed by atoms with Gasteiger partial charge in [-0.15, -0.1) is 0 Å². The quantitative estimate of drug-likeness (QED) is 0.620. The van der Waals surface area contributed by atoms with Gasteiger partial charge in [-0.1, -0.05) is 0 Å². The van der Waals surface area contributed by atoms with Crippen LogP contribution in [0.25, 0.3) is 0 Å². The third-order valence-corrected chi connectivity index (χ3v) is 3.43. The number of halogens is 1. The maximum absolute atomic E-state index is 11.6. The van der Waals surface area contributed by atoms with Gasteiger partial charge in [0, 0.05) is 30.8 Å². The van der Waals surface area contributed by atoms with E-state index in [1.165, 1.54) is 31.0 Å². The van der Waals surface area contributed by atoms with Crippen LogP contribution in [-0.2, 0) is 4.79 Å². The number of nitro benzene ring substituents is 1. The van der Waals surface area contributed by atoms with Crippen molar-refractivity contribution in [1.82, 2.24) is 5.32 Å². The molecule has 0 heterocycles. The van der Waals surface area contributed by atoms with E-state index >= 15 is 0 Å². The lowest BCUT2D eigenvalue weighted by molar-refractivity contribution is -0.385. The van der Waals surface area contributed by atoms with Gasteiger partial charge in [0.25, 0.3) is 5.69 Å². The summed E-state index contributed by atoms with van der Waals surface area (Å²) in [7, 11) is 0. The molecule has 2 N–H and O–H groups in total. The molecule has 1 aromatic rings. The van der Waals surface area contributed by atoms with E-state index in [0.29, 0.717) is 29.2 Å². The molecule has 19 heavy (non-hydrogen) atoms. The molecule has 0 saturated heterocycles. The highest BCUT2D eigenvalue weighted by Crippen LogP contribution is 2.27. The summed E-state index contributed by atoms with van der Waals surface area (Å²) in [6, 6.07) is 5.00. The fraction of sp³-hybridized carbons (Fsp3) is 0.417. The van der Waals surface area contributed by atoms with Crippen molar-refractivity contribution >= 4 is 33.2 Å². The number of carbonyl (C=O) groups excluding carboxylic acids is 1. The first-order valence-corrected chi connectivity index (χ1v) is 6.83. The fourth-order valence-corrected chi connectivity index (χ4v) is 2.16. The van der Waals surface area contributed by atoms with Crippen LogP contribution in [0.5, 0.6) is 0 Å². The zero-order valence-electron chi connectivity index (χ0n) is 10.2. The van der Waals surface area contributed by atoms with E-state index in [9.17, 15) is 14.9 Å². The molecular weight excluding hydrogens is 314 g/mol. The minimum absolute atomic E-state index is 0.0200. The van der Waals surface area contributed by atoms with Crippen LogP contribution in [0.15, 0.2) is 22.7 Å². The van der Waals surface area contributed by atoms with E-state index in [-0.39, 0.29) is 11.6 Å². The summed E-state index contributed by atoms with van der Waals surface area (Å²) in [6.45, 7) is 0.657. The number of hydrogen-bond donors (Lipinski definition) is 2. The number of carbonyl (C=O) groups is 1. The Morgan fingerprint density at radius 3 is 2.79 bits per heavy atom. The summed E-state index contributed by atoms with van der Waals surface area (Å²) in [5.41, 5.74) is 0.530. The first-order chi connectivity index (χ1) is 9.06. The summed E-state index contributed by atoms with van der Waals surface area (Å²) in [5, 5.41) is 16.6. The molecule has 6 nitrogen and oxygen atoms in total. The average molecular weight is 328 g/mol. The number of benzene rings is 1. The Morgan fingerprint density at radius 1 is 1.47 bits per heavy atom. The van der Waals surface area contributed by atoms with Crippen LogP contribution in [-0.4, -0.2) is 23.4 Å². The van der Waals surface area contributed by atoms with E-state index in [1.54, 1.807) is 0 Å². The molecule has 0 atom stereocenters. The third-order valence-electron chi connectivity index (χ3n) is 2.79. The normalized spacial score (nSPS) is 14.2. The Bertz CT molecular complexity index is 503. The summed E-state index contributed by atoms with van der Waals surface area (Å²) in [6.07, 6.45) is 2.78. The summed E-state index contributed by atoms with van der Waals surface area (Å²) in [4.78, 5) is 21.8. The SMILES string of the molecule is O=C(CCNC1CC1)Nc1ccc([N+](=O)[O-])c(Br)c1. The molecule has 1 fully saturated rings. The Balaban J connectivity index is 1.85. The standard InChI is InChI=1S/C12H14BrN3O3/c13-10-7-9(3-4-11(10)16(18)19)15-12(17)5-6-14-8-1-2-8/h3-4,7-8,14H,1-2,5-6H2,(H,15,17). The second-order valence-electron chi connectivity index (χ2n) is 4.45. The van der Waals surface area contributed by atoms with E-state index in [1.807, 2.05) is 0 Å². The summed E-state index contributed by atoms with van der Waals surface area (Å²) >= 11 is 3.11. The van der Waals surface area contributed by atoms with E-state index < -0.39 is 4.92 Å². The zero-order valence-corrected chi connectivity index (χ0v) is 11.8. The Kier molecular flexibility index (Phi) is 4.49. The van der Waals surface area contributed by atoms with Gasteiger partial charge < -0.3 is 10.6 Å². The Labute approximate surface area is 118 Å². The smallest absolute Gasteiger partial charge is 0.283 e. The van der Waals surface area contributed by atoms with Gasteiger partial charge in [0.15, 0.2) is 0 Å². The van der Waals surface area contributed by atoms with Gasteiger partial charge in [-0.3, -0.25) is 14.9 Å². The van der Waals surface area contributed by atoms with Crippen LogP contribution in [0.3, 0.4) is 0 Å². The van der Waals surface area contributed by atoms with Crippen molar-refractivity contribution in [1.29, 1.82) is 0 Å². The largest absolute Gasteiger partial charge is 0.326 e. The maximum Gasteiger partial charge on any atom is 0.283 e. The molecule has 1 saturated carbocycles. The summed E-state index contributed by atoms with van der Waals surface area (Å²) < 4.78 is 0.353. The molecule has 1 aliphatic rings. The average Bonchev–Trinajstić information content (AvgIpc) is 3.12. The number of hydrogen-bond acceptors (Lipinski definition) is 4. The van der Waals surface area contributed by atoms with Crippen LogP contribution in [0.2, 0.25) is 0 Å². The molecule has 0 unspecified atom stereocenters. The molecule has 1 amide bonds. The van der Waals surface area contributed by atoms with Crippen molar-refractivity contribution in [2.24, 2.45) is 0 Å². The van der Waals surface area contributed by atoms with E-state index in [2.05, 4.69) is 26.6 Å². The molecule has 0 aliphatic heterocycles. The molecule has 0 spiro atoms. The zero-order chi connectivity index (χ0) is 13.8. The van der Waals surface area contributed by atoms with Gasteiger partial charge in [0.1, 0.15) is 0 Å². The first-order valence-electron chi connectivity index (χ1n) is 6.03. The minimum atomic E-state index is -0.477. The minimum Gasteiger partial charge on any atom is -0.326 e. The highest BCUT2D eigenvalue weighted by atomic mass is 79.9. The number of nitrogens with zero attached hydrogens (tertiary/aromatic N) is 1. The van der Waals surface area contributed by atoms with Crippen molar-refractivity contribution < 1.29 is 9.72 Å². The molecule has 0 radical (unpaired) electrons. The van der Waals surface area contributed by atoms with Gasteiger partial charge in [-0.05, 0) is 40.9 Å². The molecule has 7 heteroatoms. The third kappa shape index (κ3) is 4.29. The highest BCUT2D eigenvalue weighted by Gasteiger charge is 2.20. The predicted molar refractivity (Wildman–Crippen MR) is 75.1 cm³/mol. The Morgan fingerprint density at radius 2 is 2.21 bits per heavy atom. The fourth-order valence-electron chi connectivity index (χ4n) is 1.63. The van der Waals surface area contributed by atoms with Crippen molar-refractivity contribution in [3.63, 3.8) is 0 Å². The van der Waals surface area contributed by atoms with Crippen LogP contribution in [0, 0.1) is 10.1 Å². The van der Waals surface area contributed by atoms with Crippen molar-refractivity contribution in [2.45, 2.75) is 25.3 Å². The molecule has 102 valence electrons. The van der Waals surface area contributed by atoms with Crippen molar-refractivity contribution in [2.75, 3.05) is 11.9 Å². The Hall–Kier alpha value is -1.47. The van der Waals surface area contributed by atoms with Crippen LogP contribution < -0.4 is 10.6 Å². The molecule has 0 bridgehead atoms. The lowest BCUT2D eigenvalue weighted by Crippen LogP contribution is -2.23. The van der Waals surface area contributed by atoms with Gasteiger partial charge in [-0.25, -0.2) is 0 Å². The summed E-state index contributed by atoms with van der Waals surface area (Å²) in [5.74, 6) is -0.103. The molecule has 0 aromatic heterocycles. The van der Waals surface area contributed by atoms with Crippen LogP contribution >= 0.6 is 15.9 Å². The number of rotatable bonds is 6. The number of amides is 1. The van der Waals surface area contributed by atoms with Gasteiger partial charge in [-0.2, -0.15) is 0 Å². The van der Waals surface area contributed by atoms with Gasteiger partial charge in [0.2, 0.25) is 5.91 Å². The number of anilines is 1. The molecule has 1 aromatic carbocycles. The second-order valence-corrected chi connectivity index (χ2v) is 5.30.